The van der Waals surface area contributed by atoms with Gasteiger partial charge in [-0.1, -0.05) is 13.8 Å². The van der Waals surface area contributed by atoms with E-state index in [1.54, 1.807) is 0 Å². The molecule has 6 nitrogen and oxygen atoms in total. The first-order valence-electron chi connectivity index (χ1n) is 6.57. The Balaban J connectivity index is 2.03. The molecule has 2 heterocycles. The van der Waals surface area contributed by atoms with Crippen molar-refractivity contribution in [1.82, 2.24) is 10.1 Å². The summed E-state index contributed by atoms with van der Waals surface area (Å²) in [5, 5.41) is 4.04. The molecule has 2 N–H and O–H groups in total. The zero-order valence-electron chi connectivity index (χ0n) is 11.1. The maximum Gasteiger partial charge on any atom is 0.266 e. The molecule has 1 fully saturated rings. The Morgan fingerprint density at radius 2 is 2.06 bits per heavy atom. The Morgan fingerprint density at radius 3 is 2.67 bits per heavy atom. The normalized spacial score (nSPS) is 18.3. The van der Waals surface area contributed by atoms with Gasteiger partial charge in [0.15, 0.2) is 0 Å². The van der Waals surface area contributed by atoms with E-state index in [0.29, 0.717) is 24.3 Å². The van der Waals surface area contributed by atoms with Crippen molar-refractivity contribution in [2.45, 2.75) is 26.2 Å². The summed E-state index contributed by atoms with van der Waals surface area (Å²) in [6, 6.07) is 0. The summed E-state index contributed by atoms with van der Waals surface area (Å²) in [6.45, 7) is 7.95. The smallest absolute Gasteiger partial charge is 0.266 e. The van der Waals surface area contributed by atoms with Gasteiger partial charge in [0, 0.05) is 19.6 Å². The minimum atomic E-state index is 0.160. The number of ether oxygens (including phenoxy) is 1. The molecule has 0 saturated carbocycles. The Hall–Kier alpha value is -1.14. The number of nitrogens with zero attached hydrogens (tertiary/aromatic N) is 3. The molecule has 0 aliphatic carbocycles. The quantitative estimate of drug-likeness (QED) is 0.844. The topological polar surface area (TPSA) is 77.4 Å². The van der Waals surface area contributed by atoms with Crippen LogP contribution in [0.15, 0.2) is 4.52 Å². The van der Waals surface area contributed by atoms with Crippen molar-refractivity contribution < 1.29 is 9.26 Å². The van der Waals surface area contributed by atoms with Crippen molar-refractivity contribution in [3.63, 3.8) is 0 Å². The number of morpholine rings is 1. The van der Waals surface area contributed by atoms with Crippen LogP contribution in [0.3, 0.4) is 0 Å². The highest BCUT2D eigenvalue weighted by atomic mass is 16.5. The van der Waals surface area contributed by atoms with Gasteiger partial charge in [-0.25, -0.2) is 0 Å². The molecular formula is C12H22N4O2. The minimum absolute atomic E-state index is 0.160. The fourth-order valence-electron chi connectivity index (χ4n) is 2.15. The molecular weight excluding hydrogens is 232 g/mol. The summed E-state index contributed by atoms with van der Waals surface area (Å²) in [5.74, 6) is 2.05. The predicted molar refractivity (Wildman–Crippen MR) is 68.6 cm³/mol. The van der Waals surface area contributed by atoms with Crippen LogP contribution < -0.4 is 10.6 Å². The van der Waals surface area contributed by atoms with E-state index in [1.165, 1.54) is 0 Å². The lowest BCUT2D eigenvalue weighted by molar-refractivity contribution is 0.121. The van der Waals surface area contributed by atoms with E-state index in [-0.39, 0.29) is 5.92 Å². The van der Waals surface area contributed by atoms with Crippen LogP contribution in [0, 0.1) is 5.92 Å². The van der Waals surface area contributed by atoms with Gasteiger partial charge >= 0.3 is 0 Å². The fraction of sp³-hybridized carbons (Fsp3) is 0.833. The van der Waals surface area contributed by atoms with Crippen LogP contribution in [0.5, 0.6) is 0 Å². The number of hydrogen-bond acceptors (Lipinski definition) is 6. The van der Waals surface area contributed by atoms with E-state index in [2.05, 4.69) is 28.9 Å². The Labute approximate surface area is 107 Å². The molecule has 2 rings (SSSR count). The summed E-state index contributed by atoms with van der Waals surface area (Å²) < 4.78 is 10.6. The van der Waals surface area contributed by atoms with E-state index >= 15 is 0 Å². The molecule has 0 spiro atoms. The number of rotatable bonds is 5. The van der Waals surface area contributed by atoms with E-state index in [0.717, 1.165) is 32.7 Å². The van der Waals surface area contributed by atoms with Gasteiger partial charge in [-0.15, -0.1) is 0 Å². The summed E-state index contributed by atoms with van der Waals surface area (Å²) >= 11 is 0. The average molecular weight is 254 g/mol. The molecule has 1 atom stereocenters. The lowest BCUT2D eigenvalue weighted by atomic mass is 9.97. The molecule has 1 aliphatic heterocycles. The molecule has 1 aliphatic rings. The highest BCUT2D eigenvalue weighted by Crippen LogP contribution is 2.23. The molecule has 102 valence electrons. The number of anilines is 1. The monoisotopic (exact) mass is 254 g/mol. The van der Waals surface area contributed by atoms with Gasteiger partial charge < -0.3 is 19.9 Å². The Kier molecular flexibility index (Phi) is 4.54. The Morgan fingerprint density at radius 1 is 1.33 bits per heavy atom. The summed E-state index contributed by atoms with van der Waals surface area (Å²) in [7, 11) is 0. The van der Waals surface area contributed by atoms with Crippen molar-refractivity contribution in [2.75, 3.05) is 37.7 Å². The highest BCUT2D eigenvalue weighted by molar-refractivity contribution is 5.28. The van der Waals surface area contributed by atoms with Crippen LogP contribution in [0.1, 0.15) is 32.1 Å². The summed E-state index contributed by atoms with van der Waals surface area (Å²) in [6.07, 6.45) is 0.973. The second-order valence-electron chi connectivity index (χ2n) is 5.09. The molecule has 1 aromatic heterocycles. The van der Waals surface area contributed by atoms with Crippen LogP contribution in [0.4, 0.5) is 5.95 Å². The summed E-state index contributed by atoms with van der Waals surface area (Å²) in [5.41, 5.74) is 5.78. The minimum Gasteiger partial charge on any atom is -0.378 e. The van der Waals surface area contributed by atoms with Gasteiger partial charge in [0.1, 0.15) is 0 Å². The first kappa shape index (κ1) is 13.3. The van der Waals surface area contributed by atoms with E-state index in [9.17, 15) is 0 Å². The van der Waals surface area contributed by atoms with Gasteiger partial charge in [0.2, 0.25) is 5.89 Å². The van der Waals surface area contributed by atoms with Crippen molar-refractivity contribution in [3.8, 4) is 0 Å². The van der Waals surface area contributed by atoms with Crippen LogP contribution in [0.2, 0.25) is 0 Å². The second kappa shape index (κ2) is 6.15. The number of aromatic nitrogens is 2. The zero-order valence-corrected chi connectivity index (χ0v) is 11.1. The van der Waals surface area contributed by atoms with Gasteiger partial charge in [0.05, 0.1) is 19.1 Å². The molecule has 0 amide bonds. The highest BCUT2D eigenvalue weighted by Gasteiger charge is 2.22. The van der Waals surface area contributed by atoms with Crippen LogP contribution in [0.25, 0.3) is 0 Å². The third kappa shape index (κ3) is 3.20. The summed E-state index contributed by atoms with van der Waals surface area (Å²) in [4.78, 5) is 6.55. The molecule has 18 heavy (non-hydrogen) atoms. The van der Waals surface area contributed by atoms with Crippen molar-refractivity contribution in [2.24, 2.45) is 11.7 Å². The number of nitrogens with two attached hydrogens (primary N) is 1. The van der Waals surface area contributed by atoms with Gasteiger partial charge in [-0.05, 0) is 17.5 Å². The second-order valence-corrected chi connectivity index (χ2v) is 5.09. The molecule has 0 aromatic carbocycles. The lowest BCUT2D eigenvalue weighted by Crippen LogP contribution is -2.36. The first-order valence-corrected chi connectivity index (χ1v) is 6.57. The maximum atomic E-state index is 5.78. The van der Waals surface area contributed by atoms with E-state index in [1.807, 2.05) is 0 Å². The third-order valence-corrected chi connectivity index (χ3v) is 3.11. The predicted octanol–water partition coefficient (Wildman–Crippen LogP) is 0.995. The standard InChI is InChI=1S/C12H22N4O2/c1-9(2)7-10(8-13)11-14-12(15-18-11)16-3-5-17-6-4-16/h9-10H,3-8,13H2,1-2H3. The number of hydrogen-bond donors (Lipinski definition) is 1. The van der Waals surface area contributed by atoms with Crippen molar-refractivity contribution in [3.05, 3.63) is 5.89 Å². The van der Waals surface area contributed by atoms with Gasteiger partial charge in [-0.2, -0.15) is 4.98 Å². The van der Waals surface area contributed by atoms with Crippen molar-refractivity contribution >= 4 is 5.95 Å². The molecule has 1 unspecified atom stereocenters. The molecule has 0 radical (unpaired) electrons. The SMILES string of the molecule is CC(C)CC(CN)c1nc(N2CCOCC2)no1. The zero-order chi connectivity index (χ0) is 13.0. The molecule has 6 heteroatoms. The Bertz CT molecular complexity index is 361. The van der Waals surface area contributed by atoms with Crippen LogP contribution >= 0.6 is 0 Å². The first-order chi connectivity index (χ1) is 8.70. The van der Waals surface area contributed by atoms with Crippen LogP contribution in [-0.4, -0.2) is 43.0 Å². The molecule has 0 bridgehead atoms. The van der Waals surface area contributed by atoms with Gasteiger partial charge in [0.25, 0.3) is 5.95 Å². The van der Waals surface area contributed by atoms with Gasteiger partial charge in [-0.3, -0.25) is 0 Å². The van der Waals surface area contributed by atoms with Crippen molar-refractivity contribution in [1.29, 1.82) is 0 Å². The van der Waals surface area contributed by atoms with E-state index in [4.69, 9.17) is 15.0 Å². The van der Waals surface area contributed by atoms with Crippen LogP contribution in [-0.2, 0) is 4.74 Å². The average Bonchev–Trinajstić information content (AvgIpc) is 2.86. The van der Waals surface area contributed by atoms with E-state index < -0.39 is 0 Å². The lowest BCUT2D eigenvalue weighted by Gasteiger charge is -2.24. The molecule has 1 saturated heterocycles. The third-order valence-electron chi connectivity index (χ3n) is 3.11. The largest absolute Gasteiger partial charge is 0.378 e. The molecule has 1 aromatic rings. The fourth-order valence-corrected chi connectivity index (χ4v) is 2.15. The maximum absolute atomic E-state index is 5.78.